The Hall–Kier alpha value is -1.76. The number of ether oxygens (including phenoxy) is 1. The highest BCUT2D eigenvalue weighted by atomic mass is 19.4. The van der Waals surface area contributed by atoms with Crippen LogP contribution in [-0.2, 0) is 4.79 Å². The third-order valence-electron chi connectivity index (χ3n) is 3.73. The Labute approximate surface area is 133 Å². The SMILES string of the molecule is CCCOc1ccccc1C(N1NC(=O)CC1(C)C)C(F)(F)F. The highest BCUT2D eigenvalue weighted by Gasteiger charge is 2.53. The summed E-state index contributed by atoms with van der Waals surface area (Å²) in [6.07, 6.45) is -3.85. The molecule has 1 heterocycles. The highest BCUT2D eigenvalue weighted by Crippen LogP contribution is 2.45. The summed E-state index contributed by atoms with van der Waals surface area (Å²) in [6.45, 7) is 5.43. The van der Waals surface area contributed by atoms with Gasteiger partial charge in [-0.2, -0.15) is 18.2 Å². The lowest BCUT2D eigenvalue weighted by molar-refractivity contribution is -0.204. The predicted octanol–water partition coefficient (Wildman–Crippen LogP) is 3.59. The van der Waals surface area contributed by atoms with E-state index in [2.05, 4.69) is 5.43 Å². The van der Waals surface area contributed by atoms with Gasteiger partial charge in [0.15, 0.2) is 6.04 Å². The molecule has 1 unspecified atom stereocenters. The smallest absolute Gasteiger partial charge is 0.410 e. The maximum atomic E-state index is 13.8. The molecule has 7 heteroatoms. The van der Waals surface area contributed by atoms with Crippen molar-refractivity contribution in [1.29, 1.82) is 0 Å². The van der Waals surface area contributed by atoms with Gasteiger partial charge < -0.3 is 4.74 Å². The van der Waals surface area contributed by atoms with Gasteiger partial charge in [-0.25, -0.2) is 0 Å². The molecule has 1 aliphatic rings. The summed E-state index contributed by atoms with van der Waals surface area (Å²) < 4.78 is 46.8. The fourth-order valence-corrected chi connectivity index (χ4v) is 2.73. The van der Waals surface area contributed by atoms with Crippen LogP contribution in [-0.4, -0.2) is 29.2 Å². The molecule has 1 atom stereocenters. The summed E-state index contributed by atoms with van der Waals surface area (Å²) in [5, 5.41) is 0.990. The third kappa shape index (κ3) is 3.77. The summed E-state index contributed by atoms with van der Waals surface area (Å²) in [7, 11) is 0. The lowest BCUT2D eigenvalue weighted by Gasteiger charge is -2.38. The number of hydrogen-bond donors (Lipinski definition) is 1. The van der Waals surface area contributed by atoms with Crippen LogP contribution in [0.15, 0.2) is 24.3 Å². The first-order valence-electron chi connectivity index (χ1n) is 7.54. The van der Waals surface area contributed by atoms with Crippen molar-refractivity contribution in [1.82, 2.24) is 10.4 Å². The number of para-hydroxylation sites is 1. The molecule has 0 aromatic heterocycles. The van der Waals surface area contributed by atoms with Crippen LogP contribution in [0, 0.1) is 0 Å². The van der Waals surface area contributed by atoms with Crippen LogP contribution in [0.5, 0.6) is 5.75 Å². The molecule has 0 saturated carbocycles. The second-order valence-corrected chi connectivity index (χ2v) is 6.22. The number of rotatable bonds is 5. The fourth-order valence-electron chi connectivity index (χ4n) is 2.73. The zero-order valence-corrected chi connectivity index (χ0v) is 13.4. The van der Waals surface area contributed by atoms with Gasteiger partial charge in [-0.15, -0.1) is 0 Å². The van der Waals surface area contributed by atoms with E-state index in [4.69, 9.17) is 4.74 Å². The number of amides is 1. The van der Waals surface area contributed by atoms with Crippen molar-refractivity contribution in [2.24, 2.45) is 0 Å². The normalized spacial score (nSPS) is 19.5. The number of nitrogens with zero attached hydrogens (tertiary/aromatic N) is 1. The molecular weight excluding hydrogens is 309 g/mol. The van der Waals surface area contributed by atoms with Crippen molar-refractivity contribution in [3.05, 3.63) is 29.8 Å². The number of nitrogens with one attached hydrogen (secondary N) is 1. The van der Waals surface area contributed by atoms with Gasteiger partial charge in [0.05, 0.1) is 6.61 Å². The molecule has 1 aliphatic heterocycles. The summed E-state index contributed by atoms with van der Waals surface area (Å²) in [6, 6.07) is 4.13. The molecule has 0 aliphatic carbocycles. The number of alkyl halides is 3. The molecule has 128 valence electrons. The van der Waals surface area contributed by atoms with E-state index >= 15 is 0 Å². The number of halogens is 3. The molecule has 4 nitrogen and oxygen atoms in total. The lowest BCUT2D eigenvalue weighted by atomic mass is 9.96. The van der Waals surface area contributed by atoms with Gasteiger partial charge in [-0.05, 0) is 26.3 Å². The summed E-state index contributed by atoms with van der Waals surface area (Å²) in [4.78, 5) is 11.6. The molecule has 0 radical (unpaired) electrons. The molecule has 1 aromatic carbocycles. The number of hydrogen-bond acceptors (Lipinski definition) is 3. The van der Waals surface area contributed by atoms with E-state index in [1.807, 2.05) is 6.92 Å². The Morgan fingerprint density at radius 2 is 2.00 bits per heavy atom. The highest BCUT2D eigenvalue weighted by molar-refractivity contribution is 5.79. The van der Waals surface area contributed by atoms with Crippen LogP contribution in [0.4, 0.5) is 13.2 Å². The van der Waals surface area contributed by atoms with Crippen molar-refractivity contribution < 1.29 is 22.7 Å². The Morgan fingerprint density at radius 3 is 2.52 bits per heavy atom. The molecule has 1 fully saturated rings. The Kier molecular flexibility index (Phi) is 4.89. The van der Waals surface area contributed by atoms with Gasteiger partial charge in [0.2, 0.25) is 5.91 Å². The quantitative estimate of drug-likeness (QED) is 0.897. The topological polar surface area (TPSA) is 41.6 Å². The van der Waals surface area contributed by atoms with E-state index < -0.39 is 23.7 Å². The number of benzene rings is 1. The Morgan fingerprint density at radius 1 is 1.35 bits per heavy atom. The molecular formula is C16H21F3N2O2. The molecule has 0 spiro atoms. The van der Waals surface area contributed by atoms with E-state index in [-0.39, 0.29) is 17.7 Å². The molecule has 0 bridgehead atoms. The van der Waals surface area contributed by atoms with E-state index in [0.29, 0.717) is 13.0 Å². The van der Waals surface area contributed by atoms with Gasteiger partial charge in [-0.1, -0.05) is 25.1 Å². The van der Waals surface area contributed by atoms with Crippen LogP contribution >= 0.6 is 0 Å². The van der Waals surface area contributed by atoms with Gasteiger partial charge in [-0.3, -0.25) is 10.2 Å². The van der Waals surface area contributed by atoms with Crippen molar-refractivity contribution in [3.63, 3.8) is 0 Å². The summed E-state index contributed by atoms with van der Waals surface area (Å²) in [5.74, 6) is -0.232. The number of hydrazine groups is 1. The fraction of sp³-hybridized carbons (Fsp3) is 0.562. The lowest BCUT2D eigenvalue weighted by Crippen LogP contribution is -2.51. The minimum absolute atomic E-state index is 0.00345. The number of carbonyl (C=O) groups excluding carboxylic acids is 1. The van der Waals surface area contributed by atoms with Crippen LogP contribution < -0.4 is 10.2 Å². The van der Waals surface area contributed by atoms with Crippen molar-refractivity contribution in [2.75, 3.05) is 6.61 Å². The molecule has 2 rings (SSSR count). The van der Waals surface area contributed by atoms with Gasteiger partial charge in [0.25, 0.3) is 0 Å². The van der Waals surface area contributed by atoms with Crippen LogP contribution in [0.1, 0.15) is 45.2 Å². The molecule has 1 aromatic rings. The van der Waals surface area contributed by atoms with Crippen molar-refractivity contribution in [2.45, 2.75) is 51.4 Å². The first-order valence-corrected chi connectivity index (χ1v) is 7.54. The number of carbonyl (C=O) groups is 1. The van der Waals surface area contributed by atoms with Crippen LogP contribution in [0.2, 0.25) is 0 Å². The maximum absolute atomic E-state index is 13.8. The molecule has 1 amide bonds. The first-order chi connectivity index (χ1) is 10.7. The minimum atomic E-state index is -4.55. The molecule has 1 saturated heterocycles. The van der Waals surface area contributed by atoms with E-state index in [0.717, 1.165) is 5.01 Å². The Balaban J connectivity index is 2.47. The van der Waals surface area contributed by atoms with Crippen molar-refractivity contribution >= 4 is 5.91 Å². The van der Waals surface area contributed by atoms with Gasteiger partial charge in [0, 0.05) is 17.5 Å². The van der Waals surface area contributed by atoms with E-state index in [1.165, 1.54) is 18.2 Å². The average molecular weight is 330 g/mol. The summed E-state index contributed by atoms with van der Waals surface area (Å²) >= 11 is 0. The zero-order valence-electron chi connectivity index (χ0n) is 13.4. The van der Waals surface area contributed by atoms with E-state index in [1.54, 1.807) is 19.9 Å². The third-order valence-corrected chi connectivity index (χ3v) is 3.73. The monoisotopic (exact) mass is 330 g/mol. The summed E-state index contributed by atoms with van der Waals surface area (Å²) in [5.41, 5.74) is 1.41. The minimum Gasteiger partial charge on any atom is -0.493 e. The van der Waals surface area contributed by atoms with Crippen molar-refractivity contribution in [3.8, 4) is 5.75 Å². The second kappa shape index (κ2) is 6.39. The Bertz CT molecular complexity index is 573. The predicted molar refractivity (Wildman–Crippen MR) is 79.7 cm³/mol. The zero-order chi connectivity index (χ0) is 17.3. The second-order valence-electron chi connectivity index (χ2n) is 6.22. The first kappa shape index (κ1) is 17.6. The standard InChI is InChI=1S/C16H21F3N2O2/c1-4-9-23-12-8-6-5-7-11(12)14(16(17,18)19)21-15(2,3)10-13(22)20-21/h5-8,14H,4,9-10H2,1-3H3,(H,20,22). The molecule has 1 N–H and O–H groups in total. The molecule has 23 heavy (non-hydrogen) atoms. The average Bonchev–Trinajstić information content (AvgIpc) is 2.69. The van der Waals surface area contributed by atoms with Gasteiger partial charge >= 0.3 is 6.18 Å². The van der Waals surface area contributed by atoms with E-state index in [9.17, 15) is 18.0 Å². The van der Waals surface area contributed by atoms with Crippen LogP contribution in [0.25, 0.3) is 0 Å². The van der Waals surface area contributed by atoms with Gasteiger partial charge in [0.1, 0.15) is 5.75 Å². The maximum Gasteiger partial charge on any atom is 0.410 e. The largest absolute Gasteiger partial charge is 0.493 e. The van der Waals surface area contributed by atoms with Crippen LogP contribution in [0.3, 0.4) is 0 Å².